The first-order valence-corrected chi connectivity index (χ1v) is 20.8. The lowest BCUT2D eigenvalue weighted by Gasteiger charge is -2.26. The SMILES string of the molecule is c1ccc(-c2ccc(N(c3ccc(-c4ccccc4)cc3)c3ccc4c(c3)oc3cc(-c5ccc6c(ccc7c8ccccc8n(-c8ccccc8)c67)c5)ccc34)cc2)cc1. The Hall–Kier alpha value is -8.14. The van der Waals surface area contributed by atoms with Crippen LogP contribution < -0.4 is 4.90 Å². The van der Waals surface area contributed by atoms with Gasteiger partial charge in [-0.1, -0.05) is 152 Å². The predicted molar refractivity (Wildman–Crippen MR) is 257 cm³/mol. The summed E-state index contributed by atoms with van der Waals surface area (Å²) in [5.41, 5.74) is 15.5. The van der Waals surface area contributed by atoms with Crippen LogP contribution in [0.1, 0.15) is 0 Å². The molecule has 0 atom stereocenters. The highest BCUT2D eigenvalue weighted by Crippen LogP contribution is 2.42. The third-order valence-corrected chi connectivity index (χ3v) is 12.2. The van der Waals surface area contributed by atoms with Crippen LogP contribution in [0.4, 0.5) is 17.1 Å². The maximum Gasteiger partial charge on any atom is 0.137 e. The summed E-state index contributed by atoms with van der Waals surface area (Å²) in [6, 6.07) is 82.7. The summed E-state index contributed by atoms with van der Waals surface area (Å²) in [7, 11) is 0. The summed E-state index contributed by atoms with van der Waals surface area (Å²) in [6.45, 7) is 0. The zero-order valence-electron chi connectivity index (χ0n) is 33.2. The van der Waals surface area contributed by atoms with E-state index in [1.54, 1.807) is 0 Å². The first-order chi connectivity index (χ1) is 30.2. The number of nitrogens with zero attached hydrogens (tertiary/aromatic N) is 2. The molecule has 0 fully saturated rings. The normalized spacial score (nSPS) is 11.6. The average molecular weight is 779 g/mol. The molecule has 12 aromatic rings. The molecule has 2 aromatic heterocycles. The monoisotopic (exact) mass is 778 g/mol. The van der Waals surface area contributed by atoms with Crippen molar-refractivity contribution in [2.75, 3.05) is 4.90 Å². The molecule has 0 unspecified atom stereocenters. The zero-order valence-corrected chi connectivity index (χ0v) is 33.2. The third kappa shape index (κ3) is 5.98. The van der Waals surface area contributed by atoms with Crippen LogP contribution in [-0.4, -0.2) is 4.57 Å². The fourth-order valence-electron chi connectivity index (χ4n) is 9.21. The summed E-state index contributed by atoms with van der Waals surface area (Å²) in [5.74, 6) is 0. The number of benzene rings is 10. The van der Waals surface area contributed by atoms with Crippen molar-refractivity contribution in [2.45, 2.75) is 0 Å². The number of hydrogen-bond acceptors (Lipinski definition) is 2. The van der Waals surface area contributed by atoms with E-state index in [0.717, 1.165) is 55.8 Å². The minimum atomic E-state index is 0.853. The van der Waals surface area contributed by atoms with Crippen molar-refractivity contribution in [1.29, 1.82) is 0 Å². The van der Waals surface area contributed by atoms with E-state index >= 15 is 0 Å². The van der Waals surface area contributed by atoms with E-state index in [1.165, 1.54) is 54.8 Å². The Balaban J connectivity index is 0.935. The van der Waals surface area contributed by atoms with Gasteiger partial charge in [-0.2, -0.15) is 0 Å². The molecule has 0 aliphatic carbocycles. The van der Waals surface area contributed by atoms with Crippen molar-refractivity contribution >= 4 is 71.6 Å². The van der Waals surface area contributed by atoms with Gasteiger partial charge in [0.15, 0.2) is 0 Å². The Morgan fingerprint density at radius 2 is 0.787 bits per heavy atom. The van der Waals surface area contributed by atoms with Crippen LogP contribution in [0, 0.1) is 0 Å². The van der Waals surface area contributed by atoms with Crippen molar-refractivity contribution in [1.82, 2.24) is 4.57 Å². The summed E-state index contributed by atoms with van der Waals surface area (Å²) in [4.78, 5) is 2.31. The lowest BCUT2D eigenvalue weighted by molar-refractivity contribution is 0.669. The van der Waals surface area contributed by atoms with Crippen molar-refractivity contribution in [3.8, 4) is 39.1 Å². The van der Waals surface area contributed by atoms with Gasteiger partial charge in [-0.3, -0.25) is 0 Å². The van der Waals surface area contributed by atoms with Crippen LogP contribution in [0.15, 0.2) is 235 Å². The summed E-state index contributed by atoms with van der Waals surface area (Å²) < 4.78 is 9.15. The second-order valence-corrected chi connectivity index (χ2v) is 15.7. The first-order valence-electron chi connectivity index (χ1n) is 20.8. The third-order valence-electron chi connectivity index (χ3n) is 12.2. The Morgan fingerprint density at radius 1 is 0.311 bits per heavy atom. The van der Waals surface area contributed by atoms with Crippen molar-refractivity contribution in [2.24, 2.45) is 0 Å². The topological polar surface area (TPSA) is 21.3 Å². The zero-order chi connectivity index (χ0) is 40.3. The highest BCUT2D eigenvalue weighted by atomic mass is 16.3. The molecule has 0 saturated heterocycles. The fraction of sp³-hybridized carbons (Fsp3) is 0. The van der Waals surface area contributed by atoms with Crippen molar-refractivity contribution in [3.05, 3.63) is 231 Å². The van der Waals surface area contributed by atoms with E-state index in [4.69, 9.17) is 4.42 Å². The minimum Gasteiger partial charge on any atom is -0.456 e. The van der Waals surface area contributed by atoms with Gasteiger partial charge < -0.3 is 13.9 Å². The van der Waals surface area contributed by atoms with Crippen LogP contribution in [0.2, 0.25) is 0 Å². The van der Waals surface area contributed by atoms with Crippen LogP contribution in [0.5, 0.6) is 0 Å². The van der Waals surface area contributed by atoms with Crippen LogP contribution in [-0.2, 0) is 0 Å². The molecule has 3 nitrogen and oxygen atoms in total. The van der Waals surface area contributed by atoms with Crippen LogP contribution in [0.3, 0.4) is 0 Å². The lowest BCUT2D eigenvalue weighted by atomic mass is 9.98. The number of aromatic nitrogens is 1. The van der Waals surface area contributed by atoms with Gasteiger partial charge in [-0.15, -0.1) is 0 Å². The molecule has 0 radical (unpaired) electrons. The molecule has 61 heavy (non-hydrogen) atoms. The van der Waals surface area contributed by atoms with Crippen LogP contribution >= 0.6 is 0 Å². The number of rotatable bonds is 7. The number of hydrogen-bond donors (Lipinski definition) is 0. The maximum absolute atomic E-state index is 6.74. The van der Waals surface area contributed by atoms with E-state index in [1.807, 2.05) is 0 Å². The van der Waals surface area contributed by atoms with Gasteiger partial charge in [0.05, 0.1) is 11.0 Å². The molecule has 0 N–H and O–H groups in total. The summed E-state index contributed by atoms with van der Waals surface area (Å²) >= 11 is 0. The molecule has 0 aliphatic heterocycles. The predicted octanol–water partition coefficient (Wildman–Crippen LogP) is 16.3. The molecule has 2 heterocycles. The van der Waals surface area contributed by atoms with Gasteiger partial charge in [0, 0.05) is 55.7 Å². The van der Waals surface area contributed by atoms with Crippen LogP contribution in [0.25, 0.3) is 93.6 Å². The molecule has 0 saturated carbocycles. The second kappa shape index (κ2) is 14.3. The quantitative estimate of drug-likeness (QED) is 0.161. The fourth-order valence-corrected chi connectivity index (χ4v) is 9.21. The number of fused-ring (bicyclic) bond motifs is 8. The Labute approximate surface area is 353 Å². The van der Waals surface area contributed by atoms with E-state index in [9.17, 15) is 0 Å². The molecular weight excluding hydrogens is 741 g/mol. The Kier molecular flexibility index (Phi) is 8.17. The van der Waals surface area contributed by atoms with Gasteiger partial charge >= 0.3 is 0 Å². The highest BCUT2D eigenvalue weighted by molar-refractivity contribution is 6.19. The molecule has 0 amide bonds. The Bertz CT molecular complexity index is 3470. The molecular formula is C58H38N2O. The number of anilines is 3. The molecule has 12 rings (SSSR count). The van der Waals surface area contributed by atoms with E-state index in [0.29, 0.717) is 0 Å². The maximum atomic E-state index is 6.74. The Morgan fingerprint density at radius 3 is 1.44 bits per heavy atom. The van der Waals surface area contributed by atoms with Gasteiger partial charge in [0.25, 0.3) is 0 Å². The van der Waals surface area contributed by atoms with Crippen molar-refractivity contribution in [3.63, 3.8) is 0 Å². The molecule has 0 spiro atoms. The highest BCUT2D eigenvalue weighted by Gasteiger charge is 2.18. The number of para-hydroxylation sites is 2. The standard InChI is InChI=1S/C58H38N2O/c1-4-12-39(13-5-1)41-20-27-47(28-21-41)59(48-29-22-42(23-30-48)40-14-6-2-7-15-40)49-31-35-53-52-33-25-44(37-56(52)61-57(53)38-49)43-24-32-50-45(36-43)26-34-54-51-18-10-11-19-55(51)60(58(50)54)46-16-8-3-9-17-46/h1-38H. The largest absolute Gasteiger partial charge is 0.456 e. The second-order valence-electron chi connectivity index (χ2n) is 15.7. The number of furan rings is 1. The first kappa shape index (κ1) is 34.9. The molecule has 10 aromatic carbocycles. The van der Waals surface area contributed by atoms with E-state index < -0.39 is 0 Å². The van der Waals surface area contributed by atoms with E-state index in [2.05, 4.69) is 240 Å². The molecule has 286 valence electrons. The summed E-state index contributed by atoms with van der Waals surface area (Å²) in [6.07, 6.45) is 0. The molecule has 0 bridgehead atoms. The molecule has 3 heteroatoms. The summed E-state index contributed by atoms with van der Waals surface area (Å²) in [5, 5.41) is 7.15. The van der Waals surface area contributed by atoms with Gasteiger partial charge in [0.2, 0.25) is 0 Å². The van der Waals surface area contributed by atoms with Gasteiger partial charge in [-0.25, -0.2) is 0 Å². The smallest absolute Gasteiger partial charge is 0.137 e. The average Bonchev–Trinajstić information content (AvgIpc) is 3.88. The minimum absolute atomic E-state index is 0.853. The lowest BCUT2D eigenvalue weighted by Crippen LogP contribution is -2.09. The van der Waals surface area contributed by atoms with Crippen molar-refractivity contribution < 1.29 is 4.42 Å². The molecule has 0 aliphatic rings. The van der Waals surface area contributed by atoms with Gasteiger partial charge in [0.1, 0.15) is 11.2 Å². The van der Waals surface area contributed by atoms with Gasteiger partial charge in [-0.05, 0) is 112 Å². The van der Waals surface area contributed by atoms with E-state index in [-0.39, 0.29) is 0 Å².